The molecule has 0 saturated carbocycles. The summed E-state index contributed by atoms with van der Waals surface area (Å²) < 4.78 is 0. The van der Waals surface area contributed by atoms with Gasteiger partial charge < -0.3 is 10.4 Å². The van der Waals surface area contributed by atoms with Gasteiger partial charge in [0.05, 0.1) is 0 Å². The monoisotopic (exact) mass is 211 g/mol. The third kappa shape index (κ3) is 4.20. The molecule has 2 N–H and O–H groups in total. The molecule has 1 heterocycles. The first-order valence-corrected chi connectivity index (χ1v) is 5.19. The molecule has 0 saturated heterocycles. The van der Waals surface area contributed by atoms with E-state index in [1.165, 1.54) is 11.0 Å². The van der Waals surface area contributed by atoms with Gasteiger partial charge in [-0.15, -0.1) is 11.3 Å². The summed E-state index contributed by atoms with van der Waals surface area (Å²) in [4.78, 5) is 11.6. The van der Waals surface area contributed by atoms with E-state index in [0.717, 1.165) is 12.1 Å². The van der Waals surface area contributed by atoms with Gasteiger partial charge in [0.2, 0.25) is 0 Å². The quantitative estimate of drug-likeness (QED) is 0.731. The highest BCUT2D eigenvalue weighted by molar-refractivity contribution is 7.09. The van der Waals surface area contributed by atoms with Crippen LogP contribution in [-0.4, -0.2) is 17.6 Å². The standard InChI is InChI=1S/C10H13NO2S/c1-8(5-10(12)13)6-11-7-9-3-2-4-14-9/h2-5,11H,6-7H2,1H3,(H,12,13)/b8-5-. The summed E-state index contributed by atoms with van der Waals surface area (Å²) in [5.41, 5.74) is 0.828. The molecule has 3 nitrogen and oxygen atoms in total. The van der Waals surface area contributed by atoms with Crippen molar-refractivity contribution >= 4 is 17.3 Å². The summed E-state index contributed by atoms with van der Waals surface area (Å²) in [6.45, 7) is 3.21. The molecule has 14 heavy (non-hydrogen) atoms. The Morgan fingerprint density at radius 2 is 2.50 bits per heavy atom. The topological polar surface area (TPSA) is 49.3 Å². The fourth-order valence-corrected chi connectivity index (χ4v) is 1.73. The number of nitrogens with one attached hydrogen (secondary N) is 1. The van der Waals surface area contributed by atoms with Crippen LogP contribution in [-0.2, 0) is 11.3 Å². The van der Waals surface area contributed by atoms with Crippen molar-refractivity contribution in [3.05, 3.63) is 34.0 Å². The molecule has 76 valence electrons. The van der Waals surface area contributed by atoms with E-state index in [2.05, 4.69) is 5.32 Å². The molecule has 1 aromatic rings. The molecule has 0 atom stereocenters. The van der Waals surface area contributed by atoms with Crippen LogP contribution in [0.2, 0.25) is 0 Å². The average Bonchev–Trinajstić information content (AvgIpc) is 2.55. The second-order valence-corrected chi connectivity index (χ2v) is 4.04. The van der Waals surface area contributed by atoms with Gasteiger partial charge in [0.15, 0.2) is 0 Å². The van der Waals surface area contributed by atoms with E-state index in [9.17, 15) is 4.79 Å². The highest BCUT2D eigenvalue weighted by Gasteiger charge is 1.95. The third-order valence-electron chi connectivity index (χ3n) is 1.65. The van der Waals surface area contributed by atoms with Gasteiger partial charge >= 0.3 is 5.97 Å². The third-order valence-corrected chi connectivity index (χ3v) is 2.53. The maximum Gasteiger partial charge on any atom is 0.328 e. The van der Waals surface area contributed by atoms with Crippen molar-refractivity contribution in [1.29, 1.82) is 0 Å². The van der Waals surface area contributed by atoms with E-state index in [0.29, 0.717) is 6.54 Å². The molecule has 0 unspecified atom stereocenters. The summed E-state index contributed by atoms with van der Waals surface area (Å²) in [6, 6.07) is 4.05. The number of hydrogen-bond donors (Lipinski definition) is 2. The van der Waals surface area contributed by atoms with Crippen LogP contribution in [0.25, 0.3) is 0 Å². The van der Waals surface area contributed by atoms with Crippen LogP contribution in [0.3, 0.4) is 0 Å². The molecular weight excluding hydrogens is 198 g/mol. The molecule has 0 aliphatic rings. The van der Waals surface area contributed by atoms with Crippen molar-refractivity contribution in [3.63, 3.8) is 0 Å². The smallest absolute Gasteiger partial charge is 0.328 e. The van der Waals surface area contributed by atoms with Crippen molar-refractivity contribution in [3.8, 4) is 0 Å². The highest BCUT2D eigenvalue weighted by Crippen LogP contribution is 2.07. The largest absolute Gasteiger partial charge is 0.478 e. The van der Waals surface area contributed by atoms with E-state index in [1.807, 2.05) is 17.5 Å². The van der Waals surface area contributed by atoms with Crippen LogP contribution >= 0.6 is 11.3 Å². The van der Waals surface area contributed by atoms with Crippen molar-refractivity contribution in [1.82, 2.24) is 5.32 Å². The van der Waals surface area contributed by atoms with Crippen LogP contribution in [0.5, 0.6) is 0 Å². The van der Waals surface area contributed by atoms with Gasteiger partial charge in [-0.05, 0) is 18.4 Å². The maximum atomic E-state index is 10.3. The molecule has 0 aliphatic heterocycles. The van der Waals surface area contributed by atoms with Gasteiger partial charge in [0.1, 0.15) is 0 Å². The lowest BCUT2D eigenvalue weighted by atomic mass is 10.3. The van der Waals surface area contributed by atoms with Gasteiger partial charge in [0.25, 0.3) is 0 Å². The number of hydrogen-bond acceptors (Lipinski definition) is 3. The Balaban J connectivity index is 2.25. The zero-order valence-electron chi connectivity index (χ0n) is 7.99. The van der Waals surface area contributed by atoms with Gasteiger partial charge in [-0.1, -0.05) is 11.6 Å². The Hall–Kier alpha value is -1.13. The van der Waals surface area contributed by atoms with E-state index < -0.39 is 5.97 Å². The fraction of sp³-hybridized carbons (Fsp3) is 0.300. The minimum Gasteiger partial charge on any atom is -0.478 e. The Morgan fingerprint density at radius 3 is 3.07 bits per heavy atom. The van der Waals surface area contributed by atoms with Crippen molar-refractivity contribution < 1.29 is 9.90 Å². The SMILES string of the molecule is C/C(=C/C(=O)O)CNCc1cccs1. The first kappa shape index (κ1) is 10.9. The number of rotatable bonds is 5. The van der Waals surface area contributed by atoms with Crippen LogP contribution in [0, 0.1) is 0 Å². The van der Waals surface area contributed by atoms with Gasteiger partial charge in [-0.25, -0.2) is 4.79 Å². The van der Waals surface area contributed by atoms with Crippen LogP contribution in [0.1, 0.15) is 11.8 Å². The second-order valence-electron chi connectivity index (χ2n) is 3.01. The lowest BCUT2D eigenvalue weighted by Crippen LogP contribution is -2.15. The Bertz CT molecular complexity index is 317. The van der Waals surface area contributed by atoms with E-state index in [-0.39, 0.29) is 0 Å². The normalized spacial score (nSPS) is 11.6. The van der Waals surface area contributed by atoms with Gasteiger partial charge in [-0.3, -0.25) is 0 Å². The zero-order chi connectivity index (χ0) is 10.4. The van der Waals surface area contributed by atoms with Crippen molar-refractivity contribution in [2.45, 2.75) is 13.5 Å². The number of carboxylic acids is 1. The second kappa shape index (κ2) is 5.57. The minimum atomic E-state index is -0.888. The number of thiophene rings is 1. The van der Waals surface area contributed by atoms with Crippen LogP contribution in [0.15, 0.2) is 29.2 Å². The van der Waals surface area contributed by atoms with Crippen LogP contribution in [0.4, 0.5) is 0 Å². The lowest BCUT2D eigenvalue weighted by molar-refractivity contribution is -0.131. The summed E-state index contributed by atoms with van der Waals surface area (Å²) >= 11 is 1.69. The molecule has 4 heteroatoms. The molecule has 0 aliphatic carbocycles. The Morgan fingerprint density at radius 1 is 1.71 bits per heavy atom. The van der Waals surface area contributed by atoms with Gasteiger partial charge in [-0.2, -0.15) is 0 Å². The molecule has 0 amide bonds. The fourth-order valence-electron chi connectivity index (χ4n) is 1.06. The molecule has 0 aromatic carbocycles. The minimum absolute atomic E-state index is 0.615. The molecule has 1 rings (SSSR count). The molecule has 0 radical (unpaired) electrons. The molecule has 1 aromatic heterocycles. The number of aliphatic carboxylic acids is 1. The van der Waals surface area contributed by atoms with Crippen molar-refractivity contribution in [2.75, 3.05) is 6.54 Å². The lowest BCUT2D eigenvalue weighted by Gasteiger charge is -2.02. The maximum absolute atomic E-state index is 10.3. The Kier molecular flexibility index (Phi) is 4.35. The summed E-state index contributed by atoms with van der Waals surface area (Å²) in [6.07, 6.45) is 1.22. The summed E-state index contributed by atoms with van der Waals surface area (Å²) in [5, 5.41) is 13.7. The summed E-state index contributed by atoms with van der Waals surface area (Å²) in [7, 11) is 0. The number of carboxylic acid groups (broad SMARTS) is 1. The summed E-state index contributed by atoms with van der Waals surface area (Å²) in [5.74, 6) is -0.888. The predicted molar refractivity (Wildman–Crippen MR) is 57.4 cm³/mol. The van der Waals surface area contributed by atoms with Gasteiger partial charge in [0, 0.05) is 24.0 Å². The molecular formula is C10H13NO2S. The Labute approximate surface area is 87.1 Å². The van der Waals surface area contributed by atoms with E-state index in [4.69, 9.17) is 5.11 Å². The predicted octanol–water partition coefficient (Wildman–Crippen LogP) is 1.87. The first-order valence-electron chi connectivity index (χ1n) is 4.31. The average molecular weight is 211 g/mol. The van der Waals surface area contributed by atoms with Crippen LogP contribution < -0.4 is 5.32 Å². The first-order chi connectivity index (χ1) is 6.68. The molecule has 0 spiro atoms. The zero-order valence-corrected chi connectivity index (χ0v) is 8.80. The molecule has 0 fully saturated rings. The molecule has 0 bridgehead atoms. The van der Waals surface area contributed by atoms with E-state index >= 15 is 0 Å². The highest BCUT2D eigenvalue weighted by atomic mass is 32.1. The number of carbonyl (C=O) groups is 1. The van der Waals surface area contributed by atoms with E-state index in [1.54, 1.807) is 18.3 Å². The van der Waals surface area contributed by atoms with Crippen molar-refractivity contribution in [2.24, 2.45) is 0 Å².